The molecule has 0 unspecified atom stereocenters. The van der Waals surface area contributed by atoms with E-state index in [2.05, 4.69) is 20.8 Å². The molecule has 1 fully saturated rings. The Morgan fingerprint density at radius 2 is 1.80 bits per heavy atom. The van der Waals surface area contributed by atoms with Gasteiger partial charge in [-0.25, -0.2) is 0 Å². The predicted octanol–water partition coefficient (Wildman–Crippen LogP) is 2.06. The molecule has 0 amide bonds. The lowest BCUT2D eigenvalue weighted by molar-refractivity contribution is 0.109. The van der Waals surface area contributed by atoms with E-state index in [0.717, 1.165) is 32.0 Å². The molecule has 1 aromatic rings. The summed E-state index contributed by atoms with van der Waals surface area (Å²) >= 11 is 2.93. The third kappa shape index (κ3) is 2.58. The molecule has 80 valence electrons. The molecule has 0 bridgehead atoms. The molecule has 0 N–H and O–H groups in total. The van der Waals surface area contributed by atoms with Crippen LogP contribution in [0.15, 0.2) is 24.3 Å². The highest BCUT2D eigenvalue weighted by Crippen LogP contribution is 2.17. The Morgan fingerprint density at radius 1 is 1.20 bits per heavy atom. The number of morpholine rings is 1. The van der Waals surface area contributed by atoms with E-state index in [-0.39, 0.29) is 4.69 Å². The number of benzene rings is 1. The molecule has 1 heterocycles. The van der Waals surface area contributed by atoms with Crippen molar-refractivity contribution in [2.24, 2.45) is 0 Å². The van der Waals surface area contributed by atoms with E-state index >= 15 is 0 Å². The molecule has 15 heavy (non-hydrogen) atoms. The minimum atomic E-state index is -0.0731. The lowest BCUT2D eigenvalue weighted by atomic mass is 10.2. The lowest BCUT2D eigenvalue weighted by Crippen LogP contribution is -2.36. The number of nitrogens with zero attached hydrogens (tertiary/aromatic N) is 1. The van der Waals surface area contributed by atoms with Crippen LogP contribution in [0.4, 0.5) is 5.69 Å². The minimum Gasteiger partial charge on any atom is -0.378 e. The van der Waals surface area contributed by atoms with Crippen LogP contribution in [-0.4, -0.2) is 31.0 Å². The summed E-state index contributed by atoms with van der Waals surface area (Å²) < 4.78 is 5.21. The first kappa shape index (κ1) is 10.6. The first-order valence-corrected chi connectivity index (χ1v) is 5.69. The molecule has 2 rings (SSSR count). The van der Waals surface area contributed by atoms with Gasteiger partial charge in [0.2, 0.25) is 4.69 Å². The van der Waals surface area contributed by atoms with Crippen molar-refractivity contribution in [3.63, 3.8) is 0 Å². The smallest absolute Gasteiger partial charge is 0.228 e. The number of carbonyl (C=O) groups excluding carboxylic acids is 1. The highest BCUT2D eigenvalue weighted by Gasteiger charge is 2.11. The van der Waals surface area contributed by atoms with Gasteiger partial charge < -0.3 is 9.64 Å². The molecular formula is C11H12BrNO2. The summed E-state index contributed by atoms with van der Waals surface area (Å²) in [4.78, 5) is 13.3. The molecule has 0 atom stereocenters. The fraction of sp³-hybridized carbons (Fsp3) is 0.364. The van der Waals surface area contributed by atoms with Crippen LogP contribution in [0.5, 0.6) is 0 Å². The maximum atomic E-state index is 11.0. The quantitative estimate of drug-likeness (QED) is 0.770. The molecule has 3 nitrogen and oxygen atoms in total. The van der Waals surface area contributed by atoms with Crippen LogP contribution in [0.3, 0.4) is 0 Å². The Kier molecular flexibility index (Phi) is 3.38. The highest BCUT2D eigenvalue weighted by atomic mass is 79.9. The maximum Gasteiger partial charge on any atom is 0.228 e. The zero-order valence-electron chi connectivity index (χ0n) is 8.28. The van der Waals surface area contributed by atoms with Gasteiger partial charge in [-0.05, 0) is 40.2 Å². The standard InChI is InChI=1S/C11H12BrNO2/c12-11(14)9-1-3-10(4-2-9)13-5-7-15-8-6-13/h1-4H,5-8H2. The van der Waals surface area contributed by atoms with E-state index in [1.54, 1.807) is 0 Å². The van der Waals surface area contributed by atoms with Crippen LogP contribution in [0.1, 0.15) is 10.4 Å². The van der Waals surface area contributed by atoms with Crippen LogP contribution < -0.4 is 4.90 Å². The van der Waals surface area contributed by atoms with E-state index in [4.69, 9.17) is 4.74 Å². The zero-order chi connectivity index (χ0) is 10.7. The second-order valence-corrected chi connectivity index (χ2v) is 4.14. The van der Waals surface area contributed by atoms with Crippen LogP contribution in [-0.2, 0) is 4.74 Å². The van der Waals surface area contributed by atoms with Crippen molar-refractivity contribution in [3.8, 4) is 0 Å². The van der Waals surface area contributed by atoms with Gasteiger partial charge in [-0.1, -0.05) is 0 Å². The van der Waals surface area contributed by atoms with Gasteiger partial charge in [-0.2, -0.15) is 0 Å². The molecule has 1 aromatic carbocycles. The molecule has 0 aromatic heterocycles. The number of carbonyl (C=O) groups is 1. The van der Waals surface area contributed by atoms with E-state index in [1.807, 2.05) is 24.3 Å². The van der Waals surface area contributed by atoms with Crippen LogP contribution in [0.25, 0.3) is 0 Å². The van der Waals surface area contributed by atoms with Gasteiger partial charge in [-0.3, -0.25) is 4.79 Å². The van der Waals surface area contributed by atoms with Gasteiger partial charge in [-0.15, -0.1) is 0 Å². The molecule has 0 aliphatic carbocycles. The number of anilines is 1. The summed E-state index contributed by atoms with van der Waals surface area (Å²) in [7, 11) is 0. The van der Waals surface area contributed by atoms with Gasteiger partial charge in [0.25, 0.3) is 0 Å². The summed E-state index contributed by atoms with van der Waals surface area (Å²) in [5.41, 5.74) is 1.84. The molecular weight excluding hydrogens is 258 g/mol. The third-order valence-corrected chi connectivity index (χ3v) is 2.93. The van der Waals surface area contributed by atoms with Crippen molar-refractivity contribution >= 4 is 26.3 Å². The Balaban J connectivity index is 2.11. The molecule has 0 saturated carbocycles. The van der Waals surface area contributed by atoms with E-state index in [9.17, 15) is 4.79 Å². The molecule has 0 spiro atoms. The van der Waals surface area contributed by atoms with Crippen molar-refractivity contribution in [1.82, 2.24) is 0 Å². The normalized spacial score (nSPS) is 16.5. The third-order valence-electron chi connectivity index (χ3n) is 2.47. The average Bonchev–Trinajstić information content (AvgIpc) is 2.30. The Morgan fingerprint density at radius 3 is 2.33 bits per heavy atom. The number of rotatable bonds is 2. The lowest BCUT2D eigenvalue weighted by Gasteiger charge is -2.28. The SMILES string of the molecule is O=C(Br)c1ccc(N2CCOCC2)cc1. The summed E-state index contributed by atoms with van der Waals surface area (Å²) in [6, 6.07) is 7.61. The maximum absolute atomic E-state index is 11.0. The summed E-state index contributed by atoms with van der Waals surface area (Å²) in [6.07, 6.45) is 0. The summed E-state index contributed by atoms with van der Waals surface area (Å²) in [5, 5.41) is 0. The van der Waals surface area contributed by atoms with Crippen molar-refractivity contribution in [2.45, 2.75) is 0 Å². The van der Waals surface area contributed by atoms with Crippen molar-refractivity contribution < 1.29 is 9.53 Å². The van der Waals surface area contributed by atoms with Gasteiger partial charge in [0, 0.05) is 24.3 Å². The predicted molar refractivity (Wildman–Crippen MR) is 62.7 cm³/mol. The van der Waals surface area contributed by atoms with E-state index in [1.165, 1.54) is 0 Å². The molecule has 4 heteroatoms. The topological polar surface area (TPSA) is 29.5 Å². The Labute approximate surface area is 97.2 Å². The largest absolute Gasteiger partial charge is 0.378 e. The Hall–Kier alpha value is -0.870. The molecule has 1 saturated heterocycles. The van der Waals surface area contributed by atoms with Gasteiger partial charge in [0.1, 0.15) is 0 Å². The number of halogens is 1. The number of hydrogen-bond acceptors (Lipinski definition) is 3. The van der Waals surface area contributed by atoms with E-state index in [0.29, 0.717) is 5.56 Å². The number of ether oxygens (including phenoxy) is 1. The fourth-order valence-corrected chi connectivity index (χ4v) is 1.89. The molecule has 1 aliphatic heterocycles. The zero-order valence-corrected chi connectivity index (χ0v) is 9.87. The first-order valence-electron chi connectivity index (χ1n) is 4.90. The Bertz CT molecular complexity index is 344. The van der Waals surface area contributed by atoms with Crippen LogP contribution >= 0.6 is 15.9 Å². The van der Waals surface area contributed by atoms with E-state index < -0.39 is 0 Å². The number of hydrogen-bond donors (Lipinski definition) is 0. The second-order valence-electron chi connectivity index (χ2n) is 3.42. The highest BCUT2D eigenvalue weighted by molar-refractivity contribution is 9.18. The molecule has 0 radical (unpaired) electrons. The molecule has 1 aliphatic rings. The average molecular weight is 270 g/mol. The monoisotopic (exact) mass is 269 g/mol. The summed E-state index contributed by atoms with van der Waals surface area (Å²) in [6.45, 7) is 3.39. The van der Waals surface area contributed by atoms with Crippen molar-refractivity contribution in [1.29, 1.82) is 0 Å². The second kappa shape index (κ2) is 4.77. The summed E-state index contributed by atoms with van der Waals surface area (Å²) in [5.74, 6) is 0. The first-order chi connectivity index (χ1) is 7.27. The minimum absolute atomic E-state index is 0.0731. The van der Waals surface area contributed by atoms with Gasteiger partial charge >= 0.3 is 0 Å². The fourth-order valence-electron chi connectivity index (χ4n) is 1.62. The van der Waals surface area contributed by atoms with Gasteiger partial charge in [0.15, 0.2) is 0 Å². The van der Waals surface area contributed by atoms with Crippen molar-refractivity contribution in [2.75, 3.05) is 31.2 Å². The van der Waals surface area contributed by atoms with Gasteiger partial charge in [0.05, 0.1) is 13.2 Å². The van der Waals surface area contributed by atoms with Crippen LogP contribution in [0, 0.1) is 0 Å². The van der Waals surface area contributed by atoms with Crippen LogP contribution in [0.2, 0.25) is 0 Å². The van der Waals surface area contributed by atoms with Crippen molar-refractivity contribution in [3.05, 3.63) is 29.8 Å².